The number of nitrogens with zero attached hydrogens (tertiary/aromatic N) is 2. The smallest absolute Gasteiger partial charge is 0.203 e. The van der Waals surface area contributed by atoms with Crippen molar-refractivity contribution in [2.45, 2.75) is 25.6 Å². The number of rotatable bonds is 6. The summed E-state index contributed by atoms with van der Waals surface area (Å²) in [7, 11) is 6.72. The van der Waals surface area contributed by atoms with E-state index in [0.717, 1.165) is 30.4 Å². The van der Waals surface area contributed by atoms with Crippen molar-refractivity contribution in [1.82, 2.24) is 10.2 Å². The highest BCUT2D eigenvalue weighted by Gasteiger charge is 2.25. The van der Waals surface area contributed by atoms with Crippen LogP contribution in [0.3, 0.4) is 0 Å². The zero-order valence-corrected chi connectivity index (χ0v) is 17.5. The molecular formula is C19H31N3O3S. The zero-order chi connectivity index (χ0) is 19.1. The highest BCUT2D eigenvalue weighted by Crippen LogP contribution is 2.39. The van der Waals surface area contributed by atoms with E-state index in [2.05, 4.69) is 40.8 Å². The zero-order valence-electron chi connectivity index (χ0n) is 16.7. The Morgan fingerprint density at radius 1 is 1.23 bits per heavy atom. The van der Waals surface area contributed by atoms with Crippen molar-refractivity contribution in [3.8, 4) is 17.2 Å². The van der Waals surface area contributed by atoms with E-state index < -0.39 is 0 Å². The van der Waals surface area contributed by atoms with Gasteiger partial charge in [-0.05, 0) is 18.1 Å². The van der Waals surface area contributed by atoms with Crippen molar-refractivity contribution in [2.75, 3.05) is 47.2 Å². The number of aliphatic imine (C=N–C) groups is 1. The van der Waals surface area contributed by atoms with Crippen molar-refractivity contribution in [2.24, 2.45) is 10.9 Å². The van der Waals surface area contributed by atoms with Crippen molar-refractivity contribution in [1.29, 1.82) is 0 Å². The van der Waals surface area contributed by atoms with Gasteiger partial charge >= 0.3 is 0 Å². The van der Waals surface area contributed by atoms with Crippen molar-refractivity contribution >= 4 is 17.7 Å². The highest BCUT2D eigenvalue weighted by atomic mass is 32.2. The van der Waals surface area contributed by atoms with E-state index in [9.17, 15) is 0 Å². The molecule has 0 aliphatic carbocycles. The summed E-state index contributed by atoms with van der Waals surface area (Å²) in [6.07, 6.45) is 0. The van der Waals surface area contributed by atoms with Crippen LogP contribution in [0.2, 0.25) is 0 Å². The molecule has 0 radical (unpaired) electrons. The molecule has 1 unspecified atom stereocenters. The lowest BCUT2D eigenvalue weighted by atomic mass is 10.1. The molecule has 0 bridgehead atoms. The minimum absolute atomic E-state index is 0.603. The van der Waals surface area contributed by atoms with E-state index >= 15 is 0 Å². The second-order valence-corrected chi connectivity index (χ2v) is 7.84. The molecule has 7 heteroatoms. The number of thioether (sulfide) groups is 1. The van der Waals surface area contributed by atoms with Gasteiger partial charge in [0.05, 0.1) is 21.3 Å². The number of guanidine groups is 1. The van der Waals surface area contributed by atoms with Crippen LogP contribution in [-0.2, 0) is 6.54 Å². The van der Waals surface area contributed by atoms with Gasteiger partial charge in [0.15, 0.2) is 17.5 Å². The lowest BCUT2D eigenvalue weighted by molar-refractivity contribution is 0.321. The third-order valence-electron chi connectivity index (χ3n) is 4.57. The summed E-state index contributed by atoms with van der Waals surface area (Å²) in [5.74, 6) is 4.66. The molecular weight excluding hydrogens is 350 g/mol. The van der Waals surface area contributed by atoms with Crippen LogP contribution >= 0.6 is 11.8 Å². The van der Waals surface area contributed by atoms with E-state index in [1.165, 1.54) is 0 Å². The molecule has 1 N–H and O–H groups in total. The molecule has 0 amide bonds. The van der Waals surface area contributed by atoms with Crippen LogP contribution in [0.5, 0.6) is 17.2 Å². The Bertz CT molecular complexity index is 622. The lowest BCUT2D eigenvalue weighted by Crippen LogP contribution is -2.48. The highest BCUT2D eigenvalue weighted by molar-refractivity contribution is 8.00. The fourth-order valence-corrected chi connectivity index (χ4v) is 4.38. The van der Waals surface area contributed by atoms with Gasteiger partial charge in [-0.1, -0.05) is 13.8 Å². The Hall–Kier alpha value is -1.76. The Morgan fingerprint density at radius 2 is 1.96 bits per heavy atom. The van der Waals surface area contributed by atoms with Gasteiger partial charge in [0.2, 0.25) is 5.75 Å². The van der Waals surface area contributed by atoms with E-state index in [0.29, 0.717) is 35.0 Å². The molecule has 1 heterocycles. The van der Waals surface area contributed by atoms with Crippen molar-refractivity contribution < 1.29 is 14.2 Å². The predicted octanol–water partition coefficient (Wildman–Crippen LogP) is 2.86. The number of nitrogens with one attached hydrogen (secondary N) is 1. The largest absolute Gasteiger partial charge is 0.493 e. The first kappa shape index (κ1) is 20.6. The molecule has 1 atom stereocenters. The van der Waals surface area contributed by atoms with Gasteiger partial charge in [-0.3, -0.25) is 4.99 Å². The number of benzene rings is 1. The maximum absolute atomic E-state index is 5.57. The quantitative estimate of drug-likeness (QED) is 0.604. The van der Waals surface area contributed by atoms with Crippen molar-refractivity contribution in [3.05, 3.63) is 17.7 Å². The van der Waals surface area contributed by atoms with Crippen LogP contribution in [0.4, 0.5) is 0 Å². The van der Waals surface area contributed by atoms with Gasteiger partial charge < -0.3 is 24.4 Å². The summed E-state index contributed by atoms with van der Waals surface area (Å²) in [5, 5.41) is 4.11. The molecule has 1 aromatic rings. The second-order valence-electron chi connectivity index (χ2n) is 6.49. The number of methoxy groups -OCH3 is 3. The molecule has 0 aromatic heterocycles. The van der Waals surface area contributed by atoms with Gasteiger partial charge in [-0.15, -0.1) is 0 Å². The van der Waals surface area contributed by atoms with Crippen LogP contribution in [0.1, 0.15) is 19.4 Å². The maximum atomic E-state index is 5.57. The molecule has 1 aliphatic rings. The first-order chi connectivity index (χ1) is 12.5. The Kier molecular flexibility index (Phi) is 7.75. The average Bonchev–Trinajstić information content (AvgIpc) is 2.67. The topological polar surface area (TPSA) is 55.3 Å². The first-order valence-corrected chi connectivity index (χ1v) is 9.95. The van der Waals surface area contributed by atoms with Crippen molar-refractivity contribution in [3.63, 3.8) is 0 Å². The molecule has 2 rings (SSSR count). The van der Waals surface area contributed by atoms with Crippen LogP contribution in [0, 0.1) is 5.92 Å². The lowest BCUT2D eigenvalue weighted by Gasteiger charge is -2.36. The van der Waals surface area contributed by atoms with Crippen LogP contribution in [-0.4, -0.2) is 63.3 Å². The third-order valence-corrected chi connectivity index (χ3v) is 6.11. The van der Waals surface area contributed by atoms with E-state index in [1.54, 1.807) is 21.3 Å². The average molecular weight is 382 g/mol. The van der Waals surface area contributed by atoms with Gasteiger partial charge in [0.25, 0.3) is 0 Å². The minimum atomic E-state index is 0.603. The molecule has 1 fully saturated rings. The van der Waals surface area contributed by atoms with E-state index in [4.69, 9.17) is 14.2 Å². The molecule has 1 saturated heterocycles. The fraction of sp³-hybridized carbons (Fsp3) is 0.632. The molecule has 0 spiro atoms. The molecule has 0 saturated carbocycles. The molecule has 1 aliphatic heterocycles. The first-order valence-electron chi connectivity index (χ1n) is 8.90. The summed E-state index contributed by atoms with van der Waals surface area (Å²) >= 11 is 2.06. The monoisotopic (exact) mass is 381 g/mol. The summed E-state index contributed by atoms with van der Waals surface area (Å²) in [5.41, 5.74) is 0.998. The molecule has 146 valence electrons. The Balaban J connectivity index is 2.11. The number of ether oxygens (including phenoxy) is 3. The number of hydrogen-bond donors (Lipinski definition) is 1. The van der Waals surface area contributed by atoms with E-state index in [-0.39, 0.29) is 0 Å². The summed E-state index contributed by atoms with van der Waals surface area (Å²) in [6.45, 7) is 7.20. The van der Waals surface area contributed by atoms with Crippen LogP contribution in [0.25, 0.3) is 0 Å². The van der Waals surface area contributed by atoms with Gasteiger partial charge in [-0.25, -0.2) is 0 Å². The summed E-state index contributed by atoms with van der Waals surface area (Å²) in [4.78, 5) is 6.82. The summed E-state index contributed by atoms with van der Waals surface area (Å²) in [6, 6.07) is 3.89. The predicted molar refractivity (Wildman–Crippen MR) is 109 cm³/mol. The van der Waals surface area contributed by atoms with Crippen LogP contribution in [0.15, 0.2) is 17.1 Å². The maximum Gasteiger partial charge on any atom is 0.203 e. The Labute approximate surface area is 161 Å². The minimum Gasteiger partial charge on any atom is -0.493 e. The second kappa shape index (κ2) is 9.80. The molecule has 1 aromatic carbocycles. The SMILES string of the molecule is CN=C(NCc1ccc(OC)c(OC)c1OC)N1CCSC(C(C)C)C1. The summed E-state index contributed by atoms with van der Waals surface area (Å²) < 4.78 is 16.4. The van der Waals surface area contributed by atoms with E-state index in [1.807, 2.05) is 19.2 Å². The fourth-order valence-electron chi connectivity index (χ4n) is 3.08. The molecule has 6 nitrogen and oxygen atoms in total. The molecule has 26 heavy (non-hydrogen) atoms. The van der Waals surface area contributed by atoms with Gasteiger partial charge in [0, 0.05) is 43.2 Å². The normalized spacial score (nSPS) is 18.0. The van der Waals surface area contributed by atoms with Gasteiger partial charge in [0.1, 0.15) is 0 Å². The van der Waals surface area contributed by atoms with Crippen LogP contribution < -0.4 is 19.5 Å². The van der Waals surface area contributed by atoms with Gasteiger partial charge in [-0.2, -0.15) is 11.8 Å². The third kappa shape index (κ3) is 4.69. The Morgan fingerprint density at radius 3 is 2.54 bits per heavy atom. The standard InChI is InChI=1S/C19H31N3O3S/c1-13(2)16-12-22(9-10-26-16)19(20-3)21-11-14-7-8-15(23-4)18(25-6)17(14)24-5/h7-8,13,16H,9-12H2,1-6H3,(H,20,21). The number of hydrogen-bond acceptors (Lipinski definition) is 5.